The highest BCUT2D eigenvalue weighted by molar-refractivity contribution is 9.10. The van der Waals surface area contributed by atoms with E-state index in [-0.39, 0.29) is 23.7 Å². The maximum Gasteiger partial charge on any atom is 0.293 e. The summed E-state index contributed by atoms with van der Waals surface area (Å²) in [5.74, 6) is 0.140. The third-order valence-electron chi connectivity index (χ3n) is 3.96. The number of ether oxygens (including phenoxy) is 2. The van der Waals surface area contributed by atoms with Gasteiger partial charge in [0.25, 0.3) is 17.1 Å². The molecule has 0 unspecified atom stereocenters. The van der Waals surface area contributed by atoms with Gasteiger partial charge in [-0.1, -0.05) is 6.07 Å². The predicted octanol–water partition coefficient (Wildman–Crippen LogP) is 2.35. The van der Waals surface area contributed by atoms with Crippen LogP contribution in [0.2, 0.25) is 0 Å². The number of nitrogens with zero attached hydrogens (tertiary/aromatic N) is 2. The number of amides is 3. The Labute approximate surface area is 163 Å². The van der Waals surface area contributed by atoms with E-state index in [1.165, 1.54) is 7.05 Å². The lowest BCUT2D eigenvalue weighted by atomic mass is 10.2. The molecular formula is C17H17BrN2O5S. The highest BCUT2D eigenvalue weighted by Gasteiger charge is 2.31. The molecule has 0 bridgehead atoms. The third kappa shape index (κ3) is 4.28. The van der Waals surface area contributed by atoms with Crippen LogP contribution < -0.4 is 4.74 Å². The van der Waals surface area contributed by atoms with Crippen molar-refractivity contribution in [2.75, 3.05) is 40.0 Å². The molecule has 2 aliphatic rings. The second kappa shape index (κ2) is 8.24. The van der Waals surface area contributed by atoms with Gasteiger partial charge < -0.3 is 14.4 Å². The molecule has 2 aliphatic heterocycles. The number of hydrogen-bond donors (Lipinski definition) is 0. The maximum atomic E-state index is 12.1. The van der Waals surface area contributed by atoms with Crippen LogP contribution in [0.15, 0.2) is 27.6 Å². The van der Waals surface area contributed by atoms with Gasteiger partial charge in [-0.25, -0.2) is 0 Å². The summed E-state index contributed by atoms with van der Waals surface area (Å²) in [5.41, 5.74) is 0.752. The molecular weight excluding hydrogens is 424 g/mol. The van der Waals surface area contributed by atoms with E-state index in [1.54, 1.807) is 29.2 Å². The number of carbonyl (C=O) groups excluding carboxylic acids is 3. The summed E-state index contributed by atoms with van der Waals surface area (Å²) >= 11 is 4.32. The third-order valence-corrected chi connectivity index (χ3v) is 5.54. The Hall–Kier alpha value is -1.84. The largest absolute Gasteiger partial charge is 0.483 e. The first kappa shape index (κ1) is 18.9. The molecule has 1 aromatic rings. The van der Waals surface area contributed by atoms with Crippen LogP contribution in [0.4, 0.5) is 4.79 Å². The average Bonchev–Trinajstić information content (AvgIpc) is 2.88. The summed E-state index contributed by atoms with van der Waals surface area (Å²) < 4.78 is 11.5. The van der Waals surface area contributed by atoms with Gasteiger partial charge in [0.05, 0.1) is 22.6 Å². The van der Waals surface area contributed by atoms with Crippen molar-refractivity contribution in [3.63, 3.8) is 0 Å². The van der Waals surface area contributed by atoms with Gasteiger partial charge >= 0.3 is 0 Å². The molecule has 0 spiro atoms. The Morgan fingerprint density at radius 3 is 2.69 bits per heavy atom. The predicted molar refractivity (Wildman–Crippen MR) is 101 cm³/mol. The number of thioether (sulfide) groups is 1. The summed E-state index contributed by atoms with van der Waals surface area (Å²) in [6.45, 7) is 2.20. The SMILES string of the molecule is CN1C(=O)S/C(=C/c2ccc(OCC(=O)N3CCOCC3)c(Br)c2)C1=O. The monoisotopic (exact) mass is 440 g/mol. The second-order valence-corrected chi connectivity index (χ2v) is 7.56. The molecule has 0 N–H and O–H groups in total. The summed E-state index contributed by atoms with van der Waals surface area (Å²) in [4.78, 5) is 38.8. The number of imide groups is 1. The van der Waals surface area contributed by atoms with E-state index in [1.807, 2.05) is 0 Å². The summed E-state index contributed by atoms with van der Waals surface area (Å²) in [6, 6.07) is 5.26. The molecule has 0 atom stereocenters. The minimum atomic E-state index is -0.312. The van der Waals surface area contributed by atoms with Gasteiger partial charge in [-0.3, -0.25) is 19.3 Å². The second-order valence-electron chi connectivity index (χ2n) is 5.71. The number of morpholine rings is 1. The molecule has 3 rings (SSSR count). The van der Waals surface area contributed by atoms with Crippen molar-refractivity contribution in [2.45, 2.75) is 0 Å². The first-order valence-corrected chi connectivity index (χ1v) is 9.56. The molecule has 2 saturated heterocycles. The number of hydrogen-bond acceptors (Lipinski definition) is 6. The van der Waals surface area contributed by atoms with Gasteiger partial charge in [-0.05, 0) is 51.5 Å². The Bertz CT molecular complexity index is 776. The van der Waals surface area contributed by atoms with E-state index in [4.69, 9.17) is 9.47 Å². The standard InChI is InChI=1S/C17H17BrN2O5S/c1-19-16(22)14(26-17(19)23)9-11-2-3-13(12(18)8-11)25-10-15(21)20-4-6-24-7-5-20/h2-3,8-9H,4-7,10H2,1H3/b14-9+. The van der Waals surface area contributed by atoms with Crippen molar-refractivity contribution in [3.05, 3.63) is 33.1 Å². The number of likely N-dealkylation sites (N-methyl/N-ethyl adjacent to an activating group) is 1. The zero-order valence-electron chi connectivity index (χ0n) is 14.1. The summed E-state index contributed by atoms with van der Waals surface area (Å²) in [7, 11) is 1.46. The molecule has 7 nitrogen and oxygen atoms in total. The molecule has 1 aromatic carbocycles. The maximum absolute atomic E-state index is 12.1. The molecule has 2 heterocycles. The molecule has 0 aromatic heterocycles. The highest BCUT2D eigenvalue weighted by atomic mass is 79.9. The molecule has 0 saturated carbocycles. The average molecular weight is 441 g/mol. The first-order valence-electron chi connectivity index (χ1n) is 7.95. The van der Waals surface area contributed by atoms with Crippen LogP contribution in [0, 0.1) is 0 Å². The minimum absolute atomic E-state index is 0.0489. The number of halogens is 1. The first-order chi connectivity index (χ1) is 12.5. The van der Waals surface area contributed by atoms with Crippen LogP contribution in [0.25, 0.3) is 6.08 Å². The zero-order chi connectivity index (χ0) is 18.7. The molecule has 0 aliphatic carbocycles. The quantitative estimate of drug-likeness (QED) is 0.668. The van der Waals surface area contributed by atoms with E-state index in [9.17, 15) is 14.4 Å². The lowest BCUT2D eigenvalue weighted by Crippen LogP contribution is -2.43. The fourth-order valence-electron chi connectivity index (χ4n) is 2.46. The summed E-state index contributed by atoms with van der Waals surface area (Å²) in [6.07, 6.45) is 1.65. The van der Waals surface area contributed by atoms with Crippen LogP contribution in [0.1, 0.15) is 5.56 Å². The van der Waals surface area contributed by atoms with Gasteiger partial charge in [-0.2, -0.15) is 0 Å². The van der Waals surface area contributed by atoms with Crippen LogP contribution in [-0.2, 0) is 14.3 Å². The van der Waals surface area contributed by atoms with Crippen LogP contribution >= 0.6 is 27.7 Å². The molecule has 3 amide bonds. The Balaban J connectivity index is 1.63. The van der Waals surface area contributed by atoms with Crippen molar-refractivity contribution in [3.8, 4) is 5.75 Å². The molecule has 9 heteroatoms. The van der Waals surface area contributed by atoms with Gasteiger partial charge in [0.2, 0.25) is 0 Å². The lowest BCUT2D eigenvalue weighted by Gasteiger charge is -2.26. The number of rotatable bonds is 4. The van der Waals surface area contributed by atoms with Crippen LogP contribution in [-0.4, -0.2) is 66.8 Å². The van der Waals surface area contributed by atoms with Gasteiger partial charge in [0, 0.05) is 20.1 Å². The fraction of sp³-hybridized carbons (Fsp3) is 0.353. The molecule has 2 fully saturated rings. The van der Waals surface area contributed by atoms with Gasteiger partial charge in [-0.15, -0.1) is 0 Å². The topological polar surface area (TPSA) is 76.2 Å². The van der Waals surface area contributed by atoms with Crippen molar-refractivity contribution in [1.82, 2.24) is 9.80 Å². The van der Waals surface area contributed by atoms with E-state index in [0.717, 1.165) is 22.2 Å². The fourth-order valence-corrected chi connectivity index (χ4v) is 3.80. The Morgan fingerprint density at radius 1 is 1.35 bits per heavy atom. The van der Waals surface area contributed by atoms with E-state index in [2.05, 4.69) is 15.9 Å². The van der Waals surface area contributed by atoms with Crippen molar-refractivity contribution >= 4 is 50.8 Å². The number of benzene rings is 1. The normalized spacial score (nSPS) is 19.4. The number of carbonyl (C=O) groups is 3. The zero-order valence-corrected chi connectivity index (χ0v) is 16.5. The molecule has 0 radical (unpaired) electrons. The lowest BCUT2D eigenvalue weighted by molar-refractivity contribution is -0.137. The van der Waals surface area contributed by atoms with Gasteiger partial charge in [0.1, 0.15) is 5.75 Å². The van der Waals surface area contributed by atoms with Gasteiger partial charge in [0.15, 0.2) is 6.61 Å². The van der Waals surface area contributed by atoms with Crippen LogP contribution in [0.5, 0.6) is 5.75 Å². The van der Waals surface area contributed by atoms with E-state index >= 15 is 0 Å². The van der Waals surface area contributed by atoms with E-state index in [0.29, 0.717) is 41.4 Å². The minimum Gasteiger partial charge on any atom is -0.483 e. The van der Waals surface area contributed by atoms with Crippen molar-refractivity contribution < 1.29 is 23.9 Å². The Kier molecular flexibility index (Phi) is 6.00. The smallest absolute Gasteiger partial charge is 0.293 e. The summed E-state index contributed by atoms with van der Waals surface area (Å²) in [5, 5.41) is -0.290. The highest BCUT2D eigenvalue weighted by Crippen LogP contribution is 2.33. The molecule has 26 heavy (non-hydrogen) atoms. The Morgan fingerprint density at radius 2 is 2.08 bits per heavy atom. The molecule has 138 valence electrons. The van der Waals surface area contributed by atoms with Crippen molar-refractivity contribution in [1.29, 1.82) is 0 Å². The van der Waals surface area contributed by atoms with Crippen molar-refractivity contribution in [2.24, 2.45) is 0 Å². The van der Waals surface area contributed by atoms with Crippen LogP contribution in [0.3, 0.4) is 0 Å². The van der Waals surface area contributed by atoms with E-state index < -0.39 is 0 Å².